The molecule has 296 valence electrons. The molecule has 2 atom stereocenters. The van der Waals surface area contributed by atoms with Gasteiger partial charge in [0.1, 0.15) is 11.6 Å². The molecule has 0 spiro atoms. The smallest absolute Gasteiger partial charge is 0.328 e. The lowest BCUT2D eigenvalue weighted by Crippen LogP contribution is -2.41. The van der Waals surface area contributed by atoms with Crippen molar-refractivity contribution in [3.63, 3.8) is 0 Å². The van der Waals surface area contributed by atoms with Crippen molar-refractivity contribution in [1.82, 2.24) is 35.4 Å². The third kappa shape index (κ3) is 7.83. The number of esters is 1. The fourth-order valence-electron chi connectivity index (χ4n) is 7.93. The average molecular weight is 786 g/mol. The summed E-state index contributed by atoms with van der Waals surface area (Å²) in [5, 5.41) is 17.3. The molecule has 59 heavy (non-hydrogen) atoms. The van der Waals surface area contributed by atoms with E-state index in [0.717, 1.165) is 38.9 Å². The van der Waals surface area contributed by atoms with Crippen LogP contribution in [-0.2, 0) is 26.4 Å². The van der Waals surface area contributed by atoms with E-state index in [1.54, 1.807) is 17.0 Å². The van der Waals surface area contributed by atoms with E-state index < -0.39 is 17.6 Å². The highest BCUT2D eigenvalue weighted by molar-refractivity contribution is 5.97. The molecule has 1 aliphatic heterocycles. The van der Waals surface area contributed by atoms with Crippen LogP contribution in [0.25, 0.3) is 22.5 Å². The van der Waals surface area contributed by atoms with E-state index in [-0.39, 0.29) is 18.7 Å². The molecule has 7 aromatic rings. The van der Waals surface area contributed by atoms with Crippen molar-refractivity contribution in [3.05, 3.63) is 186 Å². The number of hydrogen-bond acceptors (Lipinski definition) is 10. The number of tetrazole rings is 1. The number of nitrogens with one attached hydrogen (secondary N) is 1. The number of amides is 1. The van der Waals surface area contributed by atoms with Crippen LogP contribution < -0.4 is 10.1 Å². The molecule has 12 heteroatoms. The van der Waals surface area contributed by atoms with Crippen LogP contribution in [0.1, 0.15) is 39.0 Å². The highest BCUT2D eigenvalue weighted by atomic mass is 16.7. The molecule has 2 aromatic heterocycles. The number of rotatable bonds is 14. The monoisotopic (exact) mass is 785 g/mol. The summed E-state index contributed by atoms with van der Waals surface area (Å²) in [6, 6.07) is 49.9. The molecule has 0 saturated carbocycles. The normalized spacial score (nSPS) is 15.2. The van der Waals surface area contributed by atoms with Crippen molar-refractivity contribution in [1.29, 1.82) is 0 Å². The van der Waals surface area contributed by atoms with Crippen LogP contribution in [-0.4, -0.2) is 81.6 Å². The van der Waals surface area contributed by atoms with Gasteiger partial charge >= 0.3 is 5.97 Å². The van der Waals surface area contributed by atoms with Crippen LogP contribution in [0.3, 0.4) is 0 Å². The molecule has 12 nitrogen and oxygen atoms in total. The van der Waals surface area contributed by atoms with Crippen molar-refractivity contribution in [3.8, 4) is 28.4 Å². The van der Waals surface area contributed by atoms with Gasteiger partial charge in [-0.25, -0.2) is 14.5 Å². The largest absolute Gasteiger partial charge is 0.467 e. The zero-order valence-corrected chi connectivity index (χ0v) is 32.7. The minimum absolute atomic E-state index is 0.0436. The second kappa shape index (κ2) is 17.6. The molecule has 3 heterocycles. The number of nitrogens with zero attached hydrogens (tertiary/aromatic N) is 6. The van der Waals surface area contributed by atoms with E-state index >= 15 is 0 Å². The number of pyridine rings is 1. The van der Waals surface area contributed by atoms with Gasteiger partial charge in [0.05, 0.1) is 12.7 Å². The van der Waals surface area contributed by atoms with Gasteiger partial charge in [0.2, 0.25) is 5.88 Å². The first-order valence-corrected chi connectivity index (χ1v) is 19.4. The lowest BCUT2D eigenvalue weighted by Gasteiger charge is -2.36. The van der Waals surface area contributed by atoms with E-state index in [0.29, 0.717) is 36.8 Å². The molecule has 1 N–H and O–H groups in total. The molecule has 1 aliphatic rings. The molecule has 1 saturated heterocycles. The number of benzene rings is 5. The van der Waals surface area contributed by atoms with Crippen molar-refractivity contribution in [2.75, 3.05) is 27.6 Å². The minimum Gasteiger partial charge on any atom is -0.467 e. The van der Waals surface area contributed by atoms with Gasteiger partial charge in [-0.1, -0.05) is 140 Å². The zero-order valence-electron chi connectivity index (χ0n) is 32.7. The Balaban J connectivity index is 1.05. The van der Waals surface area contributed by atoms with E-state index in [2.05, 4.69) is 88.3 Å². The minimum atomic E-state index is -0.890. The summed E-state index contributed by atoms with van der Waals surface area (Å²) in [5.74, 6) is 0.186. The van der Waals surface area contributed by atoms with Gasteiger partial charge in [-0.15, -0.1) is 5.10 Å². The first-order valence-electron chi connectivity index (χ1n) is 19.4. The third-order valence-electron chi connectivity index (χ3n) is 10.7. The van der Waals surface area contributed by atoms with Crippen LogP contribution in [0.15, 0.2) is 158 Å². The number of aromatic nitrogens is 5. The van der Waals surface area contributed by atoms with Gasteiger partial charge < -0.3 is 24.4 Å². The Labute approximate surface area is 342 Å². The Kier molecular flexibility index (Phi) is 11.6. The highest BCUT2D eigenvalue weighted by Gasteiger charge is 2.43. The van der Waals surface area contributed by atoms with Crippen LogP contribution in [0.2, 0.25) is 0 Å². The molecule has 0 unspecified atom stereocenters. The fourth-order valence-corrected chi connectivity index (χ4v) is 7.93. The Morgan fingerprint density at radius 2 is 1.36 bits per heavy atom. The number of likely N-dealkylation sites (tertiary alicyclic amines) is 1. The zero-order chi connectivity index (χ0) is 40.6. The molecular weight excluding hydrogens is 743 g/mol. The average Bonchev–Trinajstić information content (AvgIpc) is 3.98. The molecule has 8 rings (SSSR count). The second-order valence-corrected chi connectivity index (χ2v) is 14.2. The SMILES string of the molecule is COCOc1ccc(C(=O)N2C[C@@H](NCc3ccc(-c4ccccc4-c4nnnn4C(c4ccccc4)(c4ccccc4)c4ccccc4)cc3)C[C@H]2C(=O)OC)cn1. The maximum Gasteiger partial charge on any atom is 0.328 e. The fraction of sp³-hybridized carbons (Fsp3) is 0.191. The topological polar surface area (TPSA) is 134 Å². The predicted molar refractivity (Wildman–Crippen MR) is 222 cm³/mol. The standard InChI is InChI=1S/C47H43N7O5/c1-57-32-59-43-27-26-35(30-49-43)45(55)53-31-39(28-42(53)46(56)58-2)48-29-33-22-24-34(25-23-33)40-20-12-13-21-41(40)44-50-51-52-54(44)47(36-14-6-3-7-15-36,37-16-8-4-9-17-37)38-18-10-5-11-19-38/h3-27,30,39,42,48H,28-29,31-32H2,1-2H3/t39-,42-/m0/s1. The highest BCUT2D eigenvalue weighted by Crippen LogP contribution is 2.43. The van der Waals surface area contributed by atoms with Crippen LogP contribution in [0, 0.1) is 0 Å². The summed E-state index contributed by atoms with van der Waals surface area (Å²) in [7, 11) is 2.85. The summed E-state index contributed by atoms with van der Waals surface area (Å²) >= 11 is 0. The van der Waals surface area contributed by atoms with Crippen LogP contribution in [0.5, 0.6) is 5.88 Å². The maximum atomic E-state index is 13.6. The van der Waals surface area contributed by atoms with E-state index in [4.69, 9.17) is 24.5 Å². The van der Waals surface area contributed by atoms with Crippen molar-refractivity contribution >= 4 is 11.9 Å². The van der Waals surface area contributed by atoms with Gasteiger partial charge in [0, 0.05) is 44.1 Å². The third-order valence-corrected chi connectivity index (χ3v) is 10.7. The van der Waals surface area contributed by atoms with Crippen LogP contribution in [0.4, 0.5) is 0 Å². The van der Waals surface area contributed by atoms with Crippen molar-refractivity contribution in [2.24, 2.45) is 0 Å². The molecule has 1 fully saturated rings. The quantitative estimate of drug-likeness (QED) is 0.0716. The molecule has 0 radical (unpaired) electrons. The molecule has 0 bridgehead atoms. The first kappa shape index (κ1) is 38.8. The Morgan fingerprint density at radius 3 is 1.93 bits per heavy atom. The summed E-state index contributed by atoms with van der Waals surface area (Å²) in [6.45, 7) is 0.903. The number of carbonyl (C=O) groups excluding carboxylic acids is 2. The lowest BCUT2D eigenvalue weighted by molar-refractivity contribution is -0.145. The predicted octanol–water partition coefficient (Wildman–Crippen LogP) is 6.77. The van der Waals surface area contributed by atoms with Gasteiger partial charge in [0.15, 0.2) is 12.6 Å². The summed E-state index contributed by atoms with van der Waals surface area (Å²) in [6.07, 6.45) is 1.85. The van der Waals surface area contributed by atoms with Crippen molar-refractivity contribution in [2.45, 2.75) is 30.6 Å². The van der Waals surface area contributed by atoms with Gasteiger partial charge in [-0.05, 0) is 56.3 Å². The second-order valence-electron chi connectivity index (χ2n) is 14.2. The first-order chi connectivity index (χ1) is 29.0. The summed E-state index contributed by atoms with van der Waals surface area (Å²) in [5.41, 5.74) is 6.42. The molecular formula is C47H43N7O5. The molecule has 0 aliphatic carbocycles. The number of carbonyl (C=O) groups is 2. The number of ether oxygens (including phenoxy) is 3. The van der Waals surface area contributed by atoms with E-state index in [9.17, 15) is 9.59 Å². The molecule has 5 aromatic carbocycles. The van der Waals surface area contributed by atoms with Gasteiger partial charge in [-0.3, -0.25) is 4.79 Å². The maximum absolute atomic E-state index is 13.6. The number of hydrogen-bond donors (Lipinski definition) is 1. The van der Waals surface area contributed by atoms with E-state index in [1.165, 1.54) is 20.4 Å². The molecule has 1 amide bonds. The Hall–Kier alpha value is -7.02. The summed E-state index contributed by atoms with van der Waals surface area (Å²) < 4.78 is 17.3. The van der Waals surface area contributed by atoms with Gasteiger partial charge in [-0.2, -0.15) is 0 Å². The van der Waals surface area contributed by atoms with E-state index in [1.807, 2.05) is 71.4 Å². The Morgan fingerprint density at radius 1 is 0.746 bits per heavy atom. The van der Waals surface area contributed by atoms with Gasteiger partial charge in [0.25, 0.3) is 5.91 Å². The summed E-state index contributed by atoms with van der Waals surface area (Å²) in [4.78, 5) is 32.1. The lowest BCUT2D eigenvalue weighted by atomic mass is 9.77. The van der Waals surface area contributed by atoms with Crippen molar-refractivity contribution < 1.29 is 23.8 Å². The van der Waals surface area contributed by atoms with Crippen LogP contribution >= 0.6 is 0 Å². The Bertz CT molecular complexity index is 2380. The number of methoxy groups -OCH3 is 2.